The third-order valence-electron chi connectivity index (χ3n) is 14.5. The van der Waals surface area contributed by atoms with Gasteiger partial charge < -0.3 is 18.8 Å². The Balaban J connectivity index is 0.000000124. The standard InChI is InChI=1S/C26H23N5O.C16H20BNO2.C16H15BrN4O/c1-17-9-11-22-21(7-4-8-25(22)30-17)23-15-29-31-16-18(13-28-26(23)31)24-12-10-20(14-27-24)32-19-5-2-3-6-19;1-11-9-10-12-13(7-6-8-14(12)18-11)17-19-15(2,3)16(4,5)20-17;17-14-9-20-21-10-11(7-19-16(14)21)15-6-5-13(8-18-15)22-12-3-1-2-4-12/h4,7-16,19H,2-3,5-6H2,1H3;6-10H,1-5H3;5-10,12H,1-4H2. The third kappa shape index (κ3) is 10.4. The molecule has 3 aliphatic rings. The van der Waals surface area contributed by atoms with Crippen LogP contribution in [0.4, 0.5) is 0 Å². The van der Waals surface area contributed by atoms with E-state index < -0.39 is 0 Å². The molecule has 0 amide bonds. The van der Waals surface area contributed by atoms with E-state index in [-0.39, 0.29) is 18.3 Å². The van der Waals surface area contributed by atoms with Crippen molar-refractivity contribution in [3.05, 3.63) is 150 Å². The maximum absolute atomic E-state index is 6.14. The van der Waals surface area contributed by atoms with Gasteiger partial charge in [0, 0.05) is 58.3 Å². The molecule has 0 radical (unpaired) electrons. The molecule has 1 saturated heterocycles. The van der Waals surface area contributed by atoms with E-state index in [2.05, 4.69) is 103 Å². The van der Waals surface area contributed by atoms with Gasteiger partial charge >= 0.3 is 7.12 Å². The molecule has 9 heterocycles. The van der Waals surface area contributed by atoms with Crippen molar-refractivity contribution in [2.75, 3.05) is 0 Å². The first-order valence-electron chi connectivity index (χ1n) is 25.5. The zero-order chi connectivity index (χ0) is 51.0. The number of nitrogens with zero attached hydrogens (tertiary/aromatic N) is 10. The smallest absolute Gasteiger partial charge is 0.489 e. The van der Waals surface area contributed by atoms with Crippen molar-refractivity contribution in [1.29, 1.82) is 0 Å². The minimum atomic E-state index is -0.340. The summed E-state index contributed by atoms with van der Waals surface area (Å²) in [6.07, 6.45) is 25.0. The van der Waals surface area contributed by atoms with Crippen LogP contribution in [0.3, 0.4) is 0 Å². The average molecular weight is 1050 g/mol. The van der Waals surface area contributed by atoms with E-state index in [4.69, 9.17) is 23.8 Å². The average Bonchev–Trinajstić information content (AvgIpc) is 4.28. The number of ether oxygens (including phenoxy) is 2. The second kappa shape index (κ2) is 20.6. The lowest BCUT2D eigenvalue weighted by Gasteiger charge is -2.32. The molecule has 13 rings (SSSR count). The van der Waals surface area contributed by atoms with Gasteiger partial charge in [-0.05, 0) is 174 Å². The summed E-state index contributed by atoms with van der Waals surface area (Å²) in [6, 6.07) is 28.4. The number of hydrogen-bond acceptors (Lipinski definition) is 12. The molecule has 14 nitrogen and oxygen atoms in total. The van der Waals surface area contributed by atoms with Crippen LogP contribution >= 0.6 is 15.9 Å². The minimum Gasteiger partial charge on any atom is -0.489 e. The fraction of sp³-hybridized carbons (Fsp3) is 0.310. The van der Waals surface area contributed by atoms with Gasteiger partial charge in [0.05, 0.1) is 75.1 Å². The summed E-state index contributed by atoms with van der Waals surface area (Å²) < 4.78 is 28.7. The first-order valence-corrected chi connectivity index (χ1v) is 26.3. The Morgan fingerprint density at radius 3 is 1.62 bits per heavy atom. The third-order valence-corrected chi connectivity index (χ3v) is 15.1. The van der Waals surface area contributed by atoms with Crippen LogP contribution in [0.15, 0.2) is 139 Å². The lowest BCUT2D eigenvalue weighted by Crippen LogP contribution is -2.41. The second-order valence-electron chi connectivity index (χ2n) is 20.4. The summed E-state index contributed by atoms with van der Waals surface area (Å²) in [5.74, 6) is 1.67. The molecule has 0 unspecified atom stereocenters. The molecule has 74 heavy (non-hydrogen) atoms. The van der Waals surface area contributed by atoms with Crippen molar-refractivity contribution in [2.24, 2.45) is 0 Å². The number of pyridine rings is 4. The van der Waals surface area contributed by atoms with Crippen molar-refractivity contribution in [1.82, 2.24) is 49.1 Å². The van der Waals surface area contributed by atoms with E-state index in [1.54, 1.807) is 23.1 Å². The fourth-order valence-electron chi connectivity index (χ4n) is 9.76. The van der Waals surface area contributed by atoms with E-state index in [1.807, 2.05) is 110 Å². The molecule has 10 aromatic rings. The first kappa shape index (κ1) is 49.1. The molecule has 0 N–H and O–H groups in total. The molecule has 0 spiro atoms. The Bertz CT molecular complexity index is 3600. The molecule has 8 aromatic heterocycles. The van der Waals surface area contributed by atoms with Gasteiger partial charge in [-0.25, -0.2) is 19.0 Å². The van der Waals surface area contributed by atoms with Crippen LogP contribution < -0.4 is 14.9 Å². The van der Waals surface area contributed by atoms with Crippen LogP contribution in [0.5, 0.6) is 11.5 Å². The molecule has 0 bridgehead atoms. The summed E-state index contributed by atoms with van der Waals surface area (Å²) >= 11 is 3.42. The lowest BCUT2D eigenvalue weighted by molar-refractivity contribution is 0.00578. The highest BCUT2D eigenvalue weighted by Gasteiger charge is 2.52. The molecule has 3 fully saturated rings. The Kier molecular flexibility index (Phi) is 13.7. The van der Waals surface area contributed by atoms with Gasteiger partial charge in [0.15, 0.2) is 11.3 Å². The number of rotatable bonds is 8. The predicted molar refractivity (Wildman–Crippen MR) is 294 cm³/mol. The van der Waals surface area contributed by atoms with Gasteiger partial charge in [0.2, 0.25) is 0 Å². The number of aryl methyl sites for hydroxylation is 2. The normalized spacial score (nSPS) is 16.4. The van der Waals surface area contributed by atoms with Crippen molar-refractivity contribution >= 4 is 61.6 Å². The van der Waals surface area contributed by atoms with E-state index >= 15 is 0 Å². The van der Waals surface area contributed by atoms with Gasteiger partial charge in [0.25, 0.3) is 0 Å². The number of hydrogen-bond donors (Lipinski definition) is 0. The number of aromatic nitrogens is 10. The van der Waals surface area contributed by atoms with Crippen molar-refractivity contribution in [2.45, 2.75) is 116 Å². The maximum atomic E-state index is 6.14. The summed E-state index contributed by atoms with van der Waals surface area (Å²) in [5.41, 5.74) is 11.6. The summed E-state index contributed by atoms with van der Waals surface area (Å²) in [6.45, 7) is 12.3. The molecule has 16 heteroatoms. The van der Waals surface area contributed by atoms with Crippen molar-refractivity contribution in [3.63, 3.8) is 0 Å². The molecule has 374 valence electrons. The largest absolute Gasteiger partial charge is 0.495 e. The SMILES string of the molecule is Brc1cnn2cc(-c3ccc(OC4CCCC4)cn3)cnc12.Cc1ccc2c(-c3cnn4cc(-c5ccc(OC6CCCC6)cn5)cnc34)cccc2n1.Cc1ccc2c(B3OC(C)(C)C(C)(C)O3)cccc2n1. The molecule has 2 aliphatic carbocycles. The molecule has 2 aromatic carbocycles. The van der Waals surface area contributed by atoms with Gasteiger partial charge in [-0.2, -0.15) is 10.2 Å². The van der Waals surface area contributed by atoms with E-state index in [0.717, 1.165) is 125 Å². The van der Waals surface area contributed by atoms with Gasteiger partial charge in [-0.1, -0.05) is 36.4 Å². The van der Waals surface area contributed by atoms with Crippen LogP contribution in [0, 0.1) is 13.8 Å². The number of halogens is 1. The van der Waals surface area contributed by atoms with Crippen LogP contribution in [-0.2, 0) is 9.31 Å². The monoisotopic (exact) mass is 1050 g/mol. The number of benzene rings is 2. The van der Waals surface area contributed by atoms with Crippen LogP contribution in [0.1, 0.15) is 90.4 Å². The summed E-state index contributed by atoms with van der Waals surface area (Å²) in [5, 5.41) is 11.0. The quantitative estimate of drug-likeness (QED) is 0.133. The highest BCUT2D eigenvalue weighted by molar-refractivity contribution is 9.10. The van der Waals surface area contributed by atoms with Crippen molar-refractivity contribution in [3.8, 4) is 45.1 Å². The highest BCUT2D eigenvalue weighted by Crippen LogP contribution is 2.37. The first-order chi connectivity index (χ1) is 35.8. The summed E-state index contributed by atoms with van der Waals surface area (Å²) in [7, 11) is -0.340. The van der Waals surface area contributed by atoms with Gasteiger partial charge in [0.1, 0.15) is 11.5 Å². The van der Waals surface area contributed by atoms with Crippen LogP contribution in [-0.4, -0.2) is 79.7 Å². The molecule has 2 saturated carbocycles. The topological polar surface area (TPSA) is 149 Å². The Morgan fingerprint density at radius 1 is 0.541 bits per heavy atom. The zero-order valence-corrected chi connectivity index (χ0v) is 44.2. The zero-order valence-electron chi connectivity index (χ0n) is 42.6. The predicted octanol–water partition coefficient (Wildman–Crippen LogP) is 12.4. The lowest BCUT2D eigenvalue weighted by atomic mass is 9.76. The molecular formula is C58H58BBrN10O4. The van der Waals surface area contributed by atoms with E-state index in [0.29, 0.717) is 12.2 Å². The Hall–Kier alpha value is -7.14. The van der Waals surface area contributed by atoms with Crippen LogP contribution in [0.25, 0.3) is 66.7 Å². The van der Waals surface area contributed by atoms with Gasteiger partial charge in [-0.3, -0.25) is 19.9 Å². The molecular weight excluding hydrogens is 991 g/mol. The maximum Gasteiger partial charge on any atom is 0.495 e. The summed E-state index contributed by atoms with van der Waals surface area (Å²) in [4.78, 5) is 27.4. The Labute approximate surface area is 439 Å². The molecule has 0 atom stereocenters. The molecule has 1 aliphatic heterocycles. The van der Waals surface area contributed by atoms with Crippen molar-refractivity contribution < 1.29 is 18.8 Å². The highest BCUT2D eigenvalue weighted by atomic mass is 79.9. The van der Waals surface area contributed by atoms with Gasteiger partial charge in [-0.15, -0.1) is 0 Å². The van der Waals surface area contributed by atoms with Crippen LogP contribution in [0.2, 0.25) is 0 Å². The van der Waals surface area contributed by atoms with E-state index in [1.165, 1.54) is 25.7 Å². The fourth-order valence-corrected chi connectivity index (χ4v) is 10.1. The van der Waals surface area contributed by atoms with E-state index in [9.17, 15) is 0 Å². The minimum absolute atomic E-state index is 0.321. The Morgan fingerprint density at radius 2 is 1.05 bits per heavy atom. The number of fused-ring (bicyclic) bond motifs is 4. The second-order valence-corrected chi connectivity index (χ2v) is 21.2.